The molecular weight excluding hydrogens is 274 g/mol. The van der Waals surface area contributed by atoms with Crippen LogP contribution in [0.4, 0.5) is 0 Å². The fourth-order valence-electron chi connectivity index (χ4n) is 1.46. The minimum absolute atomic E-state index is 0.141. The van der Waals surface area contributed by atoms with Gasteiger partial charge in [-0.05, 0) is 30.3 Å². The van der Waals surface area contributed by atoms with E-state index >= 15 is 0 Å². The lowest BCUT2D eigenvalue weighted by Crippen LogP contribution is -2.17. The third kappa shape index (κ3) is 3.21. The van der Waals surface area contributed by atoms with Crippen LogP contribution in [-0.2, 0) is 9.53 Å². The molecule has 1 aromatic rings. The largest absolute Gasteiger partial charge is 0.508 e. The minimum Gasteiger partial charge on any atom is -0.508 e. The molecule has 0 amide bonds. The lowest BCUT2D eigenvalue weighted by molar-refractivity contribution is -0.141. The van der Waals surface area contributed by atoms with Crippen molar-refractivity contribution in [3.8, 4) is 5.75 Å². The number of ether oxygens (including phenoxy) is 1. The van der Waals surface area contributed by atoms with Crippen LogP contribution in [0.3, 0.4) is 0 Å². The zero-order chi connectivity index (χ0) is 12.1. The van der Waals surface area contributed by atoms with Gasteiger partial charge in [-0.1, -0.05) is 15.9 Å². The Morgan fingerprint density at radius 3 is 2.88 bits per heavy atom. The van der Waals surface area contributed by atoms with Gasteiger partial charge in [-0.3, -0.25) is 4.79 Å². The van der Waals surface area contributed by atoms with Crippen LogP contribution in [0, 0.1) is 0 Å². The molecule has 0 aliphatic carbocycles. The van der Waals surface area contributed by atoms with Crippen LogP contribution in [0.15, 0.2) is 22.7 Å². The van der Waals surface area contributed by atoms with E-state index in [1.807, 2.05) is 0 Å². The van der Waals surface area contributed by atoms with Gasteiger partial charge < -0.3 is 15.6 Å². The van der Waals surface area contributed by atoms with Gasteiger partial charge in [-0.15, -0.1) is 0 Å². The Hall–Kier alpha value is -1.07. The van der Waals surface area contributed by atoms with Crippen molar-refractivity contribution in [2.24, 2.45) is 5.73 Å². The van der Waals surface area contributed by atoms with E-state index in [-0.39, 0.29) is 30.6 Å². The van der Waals surface area contributed by atoms with E-state index in [4.69, 9.17) is 5.73 Å². The number of carbonyl (C=O) groups is 1. The maximum absolute atomic E-state index is 11.2. The highest BCUT2D eigenvalue weighted by Gasteiger charge is 2.18. The Morgan fingerprint density at radius 1 is 1.62 bits per heavy atom. The van der Waals surface area contributed by atoms with Gasteiger partial charge in [0.05, 0.1) is 13.5 Å². The number of rotatable bonds is 4. The summed E-state index contributed by atoms with van der Waals surface area (Å²) < 4.78 is 5.42. The van der Waals surface area contributed by atoms with Crippen molar-refractivity contribution in [1.82, 2.24) is 0 Å². The maximum Gasteiger partial charge on any atom is 0.306 e. The van der Waals surface area contributed by atoms with Gasteiger partial charge in [0.15, 0.2) is 0 Å². The van der Waals surface area contributed by atoms with Crippen molar-refractivity contribution in [3.05, 3.63) is 28.2 Å². The SMILES string of the molecule is COC(=O)CC(CN)c1cc(Br)ccc1O. The first kappa shape index (κ1) is 13.0. The van der Waals surface area contributed by atoms with Crippen LogP contribution in [-0.4, -0.2) is 24.7 Å². The number of benzene rings is 1. The number of phenols is 1. The summed E-state index contributed by atoms with van der Waals surface area (Å²) >= 11 is 3.31. The standard InChI is InChI=1S/C11H14BrNO3/c1-16-11(15)4-7(6-13)9-5-8(12)2-3-10(9)14/h2-3,5,7,14H,4,6,13H2,1H3. The molecule has 0 saturated carbocycles. The third-order valence-electron chi connectivity index (χ3n) is 2.35. The molecular formula is C11H14BrNO3. The van der Waals surface area contributed by atoms with Crippen molar-refractivity contribution in [1.29, 1.82) is 0 Å². The molecule has 1 atom stereocenters. The second-order valence-corrected chi connectivity index (χ2v) is 4.33. The maximum atomic E-state index is 11.2. The molecule has 0 aromatic heterocycles. The lowest BCUT2D eigenvalue weighted by atomic mass is 9.95. The fraction of sp³-hybridized carbons (Fsp3) is 0.364. The first-order valence-corrected chi connectivity index (χ1v) is 5.63. The van der Waals surface area contributed by atoms with Gasteiger partial charge in [0, 0.05) is 10.4 Å². The summed E-state index contributed by atoms with van der Waals surface area (Å²) in [4.78, 5) is 11.2. The molecule has 88 valence electrons. The molecule has 0 fully saturated rings. The molecule has 0 heterocycles. The Balaban J connectivity index is 2.94. The molecule has 16 heavy (non-hydrogen) atoms. The van der Waals surface area contributed by atoms with Gasteiger partial charge in [0.1, 0.15) is 5.75 Å². The number of esters is 1. The Labute approximate surface area is 103 Å². The van der Waals surface area contributed by atoms with E-state index in [0.29, 0.717) is 5.56 Å². The minimum atomic E-state index is -0.338. The van der Waals surface area contributed by atoms with Crippen LogP contribution < -0.4 is 5.73 Å². The molecule has 1 unspecified atom stereocenters. The number of halogens is 1. The summed E-state index contributed by atoms with van der Waals surface area (Å²) in [6.45, 7) is 0.277. The third-order valence-corrected chi connectivity index (χ3v) is 2.85. The quantitative estimate of drug-likeness (QED) is 0.828. The van der Waals surface area contributed by atoms with Crippen LogP contribution in [0.1, 0.15) is 17.9 Å². The summed E-state index contributed by atoms with van der Waals surface area (Å²) in [5.74, 6) is -0.428. The Kier molecular flexibility index (Phi) is 4.76. The van der Waals surface area contributed by atoms with E-state index in [1.165, 1.54) is 7.11 Å². The normalized spacial score (nSPS) is 12.2. The highest BCUT2D eigenvalue weighted by atomic mass is 79.9. The second-order valence-electron chi connectivity index (χ2n) is 3.42. The van der Waals surface area contributed by atoms with Gasteiger partial charge in [0.25, 0.3) is 0 Å². The highest BCUT2D eigenvalue weighted by molar-refractivity contribution is 9.10. The lowest BCUT2D eigenvalue weighted by Gasteiger charge is -2.15. The van der Waals surface area contributed by atoms with Gasteiger partial charge in [-0.25, -0.2) is 0 Å². The predicted molar refractivity (Wildman–Crippen MR) is 64.2 cm³/mol. The van der Waals surface area contributed by atoms with Gasteiger partial charge in [-0.2, -0.15) is 0 Å². The van der Waals surface area contributed by atoms with Crippen LogP contribution >= 0.6 is 15.9 Å². The highest BCUT2D eigenvalue weighted by Crippen LogP contribution is 2.30. The van der Waals surface area contributed by atoms with Crippen LogP contribution in [0.5, 0.6) is 5.75 Å². The van der Waals surface area contributed by atoms with E-state index in [2.05, 4.69) is 20.7 Å². The second kappa shape index (κ2) is 5.86. The Morgan fingerprint density at radius 2 is 2.31 bits per heavy atom. The van der Waals surface area contributed by atoms with Gasteiger partial charge in [0.2, 0.25) is 0 Å². The Bertz CT molecular complexity index is 381. The predicted octanol–water partition coefficient (Wildman–Crippen LogP) is 1.76. The molecule has 4 nitrogen and oxygen atoms in total. The summed E-state index contributed by atoms with van der Waals surface area (Å²) in [7, 11) is 1.33. The molecule has 0 saturated heterocycles. The molecule has 1 rings (SSSR count). The van der Waals surface area contributed by atoms with Crippen LogP contribution in [0.25, 0.3) is 0 Å². The molecule has 0 radical (unpaired) electrons. The zero-order valence-corrected chi connectivity index (χ0v) is 10.5. The smallest absolute Gasteiger partial charge is 0.306 e. The number of nitrogens with two attached hydrogens (primary N) is 1. The summed E-state index contributed by atoms with van der Waals surface area (Å²) in [5, 5.41) is 9.69. The molecule has 0 bridgehead atoms. The van der Waals surface area contributed by atoms with E-state index in [0.717, 1.165) is 4.47 Å². The van der Waals surface area contributed by atoms with E-state index in [9.17, 15) is 9.90 Å². The van der Waals surface area contributed by atoms with Gasteiger partial charge >= 0.3 is 5.97 Å². The number of hydrogen-bond acceptors (Lipinski definition) is 4. The van der Waals surface area contributed by atoms with Crippen molar-refractivity contribution >= 4 is 21.9 Å². The average molecular weight is 288 g/mol. The zero-order valence-electron chi connectivity index (χ0n) is 8.94. The van der Waals surface area contributed by atoms with Crippen molar-refractivity contribution in [3.63, 3.8) is 0 Å². The molecule has 3 N–H and O–H groups in total. The van der Waals surface area contributed by atoms with Crippen LogP contribution in [0.2, 0.25) is 0 Å². The van der Waals surface area contributed by atoms with Crippen molar-refractivity contribution < 1.29 is 14.6 Å². The first-order chi connectivity index (χ1) is 7.58. The summed E-state index contributed by atoms with van der Waals surface area (Å²) in [6.07, 6.45) is 0.164. The fourth-order valence-corrected chi connectivity index (χ4v) is 1.84. The monoisotopic (exact) mass is 287 g/mol. The summed E-state index contributed by atoms with van der Waals surface area (Å²) in [5.41, 5.74) is 6.25. The molecule has 0 aliphatic rings. The van der Waals surface area contributed by atoms with Crippen molar-refractivity contribution in [2.45, 2.75) is 12.3 Å². The molecule has 0 aliphatic heterocycles. The molecule has 1 aromatic carbocycles. The van der Waals surface area contributed by atoms with Crippen molar-refractivity contribution in [2.75, 3.05) is 13.7 Å². The molecule has 0 spiro atoms. The topological polar surface area (TPSA) is 72.5 Å². The van der Waals surface area contributed by atoms with E-state index < -0.39 is 0 Å². The first-order valence-electron chi connectivity index (χ1n) is 4.83. The number of methoxy groups -OCH3 is 1. The molecule has 5 heteroatoms. The number of hydrogen-bond donors (Lipinski definition) is 2. The summed E-state index contributed by atoms with van der Waals surface area (Å²) in [6, 6.07) is 5.06. The number of phenolic OH excluding ortho intramolecular Hbond substituents is 1. The number of aromatic hydroxyl groups is 1. The van der Waals surface area contributed by atoms with E-state index in [1.54, 1.807) is 18.2 Å². The number of carbonyl (C=O) groups excluding carboxylic acids is 1. The average Bonchev–Trinajstić information content (AvgIpc) is 2.29.